The molecule has 0 aliphatic heterocycles. The third-order valence-electron chi connectivity index (χ3n) is 6.28. The zero-order valence-electron chi connectivity index (χ0n) is 13.5. The third kappa shape index (κ3) is 4.00. The van der Waals surface area contributed by atoms with E-state index in [1.807, 2.05) is 0 Å². The highest BCUT2D eigenvalue weighted by molar-refractivity contribution is 4.85. The molecule has 0 N–H and O–H groups in total. The number of nitrogens with zero attached hydrogens (tertiary/aromatic N) is 1. The maximum Gasteiger partial charge on any atom is 0.00983 e. The molecule has 0 spiro atoms. The fourth-order valence-corrected chi connectivity index (χ4v) is 5.09. The molecule has 0 bridgehead atoms. The first-order chi connectivity index (χ1) is 9.93. The molecular formula is C19H35N. The predicted molar refractivity (Wildman–Crippen MR) is 87.0 cm³/mol. The minimum Gasteiger partial charge on any atom is -0.297 e. The number of rotatable bonds is 4. The van der Waals surface area contributed by atoms with E-state index in [0.717, 1.165) is 18.0 Å². The first-order valence-electron chi connectivity index (χ1n) is 9.69. The van der Waals surface area contributed by atoms with Crippen molar-refractivity contribution in [2.75, 3.05) is 6.54 Å². The first-order valence-corrected chi connectivity index (χ1v) is 9.69. The molecule has 0 aromatic carbocycles. The molecule has 3 aliphatic carbocycles. The van der Waals surface area contributed by atoms with E-state index in [9.17, 15) is 0 Å². The van der Waals surface area contributed by atoms with Crippen molar-refractivity contribution in [2.24, 2.45) is 5.92 Å². The molecule has 3 fully saturated rings. The van der Waals surface area contributed by atoms with Crippen molar-refractivity contribution in [3.63, 3.8) is 0 Å². The van der Waals surface area contributed by atoms with Crippen LogP contribution in [0.3, 0.4) is 0 Å². The summed E-state index contributed by atoms with van der Waals surface area (Å²) in [6.45, 7) is 1.45. The summed E-state index contributed by atoms with van der Waals surface area (Å²) in [5, 5.41) is 0. The zero-order chi connectivity index (χ0) is 13.6. The SMILES string of the molecule is C1CCC(CN(C2CCCCC2)C2CCCCC2)CC1. The molecule has 0 aromatic heterocycles. The minimum atomic E-state index is 0.953. The van der Waals surface area contributed by atoms with E-state index in [2.05, 4.69) is 4.90 Å². The Hall–Kier alpha value is -0.0400. The zero-order valence-corrected chi connectivity index (χ0v) is 13.5. The smallest absolute Gasteiger partial charge is 0.00983 e. The highest BCUT2D eigenvalue weighted by atomic mass is 15.2. The summed E-state index contributed by atoms with van der Waals surface area (Å²) in [6.07, 6.45) is 22.6. The van der Waals surface area contributed by atoms with Crippen LogP contribution in [0.25, 0.3) is 0 Å². The summed E-state index contributed by atoms with van der Waals surface area (Å²) in [4.78, 5) is 3.04. The van der Waals surface area contributed by atoms with Gasteiger partial charge in [-0.15, -0.1) is 0 Å². The summed E-state index contributed by atoms with van der Waals surface area (Å²) in [7, 11) is 0. The van der Waals surface area contributed by atoms with E-state index in [1.165, 1.54) is 103 Å². The molecule has 20 heavy (non-hydrogen) atoms. The van der Waals surface area contributed by atoms with Gasteiger partial charge < -0.3 is 0 Å². The van der Waals surface area contributed by atoms with Crippen LogP contribution < -0.4 is 0 Å². The van der Waals surface area contributed by atoms with Gasteiger partial charge in [0.2, 0.25) is 0 Å². The van der Waals surface area contributed by atoms with E-state index in [-0.39, 0.29) is 0 Å². The Morgan fingerprint density at radius 2 is 0.900 bits per heavy atom. The van der Waals surface area contributed by atoms with Crippen LogP contribution in [0, 0.1) is 5.92 Å². The molecule has 116 valence electrons. The largest absolute Gasteiger partial charge is 0.297 e. The molecule has 0 amide bonds. The van der Waals surface area contributed by atoms with E-state index in [0.29, 0.717) is 0 Å². The second kappa shape index (κ2) is 7.82. The van der Waals surface area contributed by atoms with Crippen LogP contribution in [-0.4, -0.2) is 23.5 Å². The third-order valence-corrected chi connectivity index (χ3v) is 6.28. The van der Waals surface area contributed by atoms with Gasteiger partial charge in [0.25, 0.3) is 0 Å². The van der Waals surface area contributed by atoms with Crippen LogP contribution in [-0.2, 0) is 0 Å². The lowest BCUT2D eigenvalue weighted by Crippen LogP contribution is -2.47. The Kier molecular flexibility index (Phi) is 5.82. The monoisotopic (exact) mass is 277 g/mol. The number of hydrogen-bond donors (Lipinski definition) is 0. The lowest BCUT2D eigenvalue weighted by molar-refractivity contribution is 0.0572. The molecule has 3 aliphatic rings. The van der Waals surface area contributed by atoms with Crippen LogP contribution in [0.5, 0.6) is 0 Å². The fourth-order valence-electron chi connectivity index (χ4n) is 5.09. The highest BCUT2D eigenvalue weighted by Gasteiger charge is 2.30. The van der Waals surface area contributed by atoms with Gasteiger partial charge in [0.05, 0.1) is 0 Å². The molecule has 0 saturated heterocycles. The molecule has 3 saturated carbocycles. The molecular weight excluding hydrogens is 242 g/mol. The van der Waals surface area contributed by atoms with Gasteiger partial charge >= 0.3 is 0 Å². The van der Waals surface area contributed by atoms with Gasteiger partial charge in [-0.2, -0.15) is 0 Å². The van der Waals surface area contributed by atoms with Crippen LogP contribution in [0.15, 0.2) is 0 Å². The van der Waals surface area contributed by atoms with Gasteiger partial charge in [0, 0.05) is 18.6 Å². The Labute approximate surface area is 126 Å². The van der Waals surface area contributed by atoms with Gasteiger partial charge in [0.1, 0.15) is 0 Å². The first kappa shape index (κ1) is 14.9. The van der Waals surface area contributed by atoms with Crippen molar-refractivity contribution in [1.82, 2.24) is 4.90 Å². The summed E-state index contributed by atoms with van der Waals surface area (Å²) < 4.78 is 0. The van der Waals surface area contributed by atoms with Gasteiger partial charge in [-0.25, -0.2) is 0 Å². The Balaban J connectivity index is 1.61. The van der Waals surface area contributed by atoms with Crippen molar-refractivity contribution in [3.05, 3.63) is 0 Å². The number of hydrogen-bond acceptors (Lipinski definition) is 1. The van der Waals surface area contributed by atoms with E-state index in [1.54, 1.807) is 0 Å². The van der Waals surface area contributed by atoms with Gasteiger partial charge in [-0.1, -0.05) is 57.8 Å². The second-order valence-corrected chi connectivity index (χ2v) is 7.78. The van der Waals surface area contributed by atoms with Crippen molar-refractivity contribution in [2.45, 2.75) is 108 Å². The van der Waals surface area contributed by atoms with Gasteiger partial charge in [0.15, 0.2) is 0 Å². The fraction of sp³-hybridized carbons (Fsp3) is 1.00. The van der Waals surface area contributed by atoms with Gasteiger partial charge in [-0.05, 0) is 44.4 Å². The summed E-state index contributed by atoms with van der Waals surface area (Å²) in [6, 6.07) is 1.91. The second-order valence-electron chi connectivity index (χ2n) is 7.78. The van der Waals surface area contributed by atoms with Crippen molar-refractivity contribution in [1.29, 1.82) is 0 Å². The molecule has 3 rings (SSSR count). The maximum absolute atomic E-state index is 3.04. The quantitative estimate of drug-likeness (QED) is 0.652. The average Bonchev–Trinajstić information content (AvgIpc) is 2.55. The molecule has 0 heterocycles. The summed E-state index contributed by atoms with van der Waals surface area (Å²) in [5.74, 6) is 1.03. The van der Waals surface area contributed by atoms with E-state index >= 15 is 0 Å². The van der Waals surface area contributed by atoms with E-state index in [4.69, 9.17) is 0 Å². The molecule has 0 atom stereocenters. The molecule has 0 aromatic rings. The molecule has 0 radical (unpaired) electrons. The van der Waals surface area contributed by atoms with Crippen molar-refractivity contribution < 1.29 is 0 Å². The summed E-state index contributed by atoms with van der Waals surface area (Å²) in [5.41, 5.74) is 0. The van der Waals surface area contributed by atoms with Crippen LogP contribution >= 0.6 is 0 Å². The topological polar surface area (TPSA) is 3.24 Å². The lowest BCUT2D eigenvalue weighted by Gasteiger charge is -2.44. The Morgan fingerprint density at radius 1 is 0.500 bits per heavy atom. The molecule has 1 nitrogen and oxygen atoms in total. The normalized spacial score (nSPS) is 28.1. The lowest BCUT2D eigenvalue weighted by atomic mass is 9.84. The standard InChI is InChI=1S/C19H35N/c1-4-10-17(11-5-1)16-20(18-12-6-2-7-13-18)19-14-8-3-9-15-19/h17-19H,1-16H2. The summed E-state index contributed by atoms with van der Waals surface area (Å²) >= 11 is 0. The van der Waals surface area contributed by atoms with E-state index < -0.39 is 0 Å². The minimum absolute atomic E-state index is 0.953. The van der Waals surface area contributed by atoms with Crippen molar-refractivity contribution in [3.8, 4) is 0 Å². The van der Waals surface area contributed by atoms with Gasteiger partial charge in [-0.3, -0.25) is 4.90 Å². The van der Waals surface area contributed by atoms with Crippen LogP contribution in [0.2, 0.25) is 0 Å². The predicted octanol–water partition coefficient (Wildman–Crippen LogP) is 5.53. The molecule has 0 unspecified atom stereocenters. The highest BCUT2D eigenvalue weighted by Crippen LogP contribution is 2.33. The Morgan fingerprint density at radius 3 is 1.35 bits per heavy atom. The average molecular weight is 277 g/mol. The Bertz CT molecular complexity index is 239. The molecule has 1 heteroatoms. The maximum atomic E-state index is 3.04. The van der Waals surface area contributed by atoms with Crippen molar-refractivity contribution >= 4 is 0 Å². The van der Waals surface area contributed by atoms with Crippen LogP contribution in [0.4, 0.5) is 0 Å². The van der Waals surface area contributed by atoms with Crippen LogP contribution in [0.1, 0.15) is 96.3 Å².